The van der Waals surface area contributed by atoms with Crippen molar-refractivity contribution in [2.24, 2.45) is 0 Å². The average molecular weight is 433 g/mol. The van der Waals surface area contributed by atoms with E-state index < -0.39 is 0 Å². The van der Waals surface area contributed by atoms with E-state index in [4.69, 9.17) is 9.47 Å². The Balaban J connectivity index is 1.77. The summed E-state index contributed by atoms with van der Waals surface area (Å²) in [4.78, 5) is 30.5. The van der Waals surface area contributed by atoms with Gasteiger partial charge in [-0.25, -0.2) is 4.98 Å². The van der Waals surface area contributed by atoms with Gasteiger partial charge in [-0.3, -0.25) is 9.59 Å². The monoisotopic (exact) mass is 432 g/mol. The SMILES string of the molecule is CCC(=O)N(C)c1ccc(-c2ccc(C(=O)CCc3cccnc3OC)cc2OC)cc1. The maximum atomic E-state index is 12.8. The number of benzene rings is 2. The van der Waals surface area contributed by atoms with Crippen LogP contribution in [-0.4, -0.2) is 37.9 Å². The van der Waals surface area contributed by atoms with Crippen molar-refractivity contribution < 1.29 is 19.1 Å². The molecule has 0 saturated carbocycles. The van der Waals surface area contributed by atoms with Crippen molar-refractivity contribution in [1.29, 1.82) is 0 Å². The molecule has 6 heteroatoms. The number of hydrogen-bond acceptors (Lipinski definition) is 5. The second-order valence-corrected chi connectivity index (χ2v) is 7.36. The van der Waals surface area contributed by atoms with Gasteiger partial charge in [0.1, 0.15) is 5.75 Å². The van der Waals surface area contributed by atoms with Crippen molar-refractivity contribution in [1.82, 2.24) is 4.98 Å². The molecule has 0 aliphatic rings. The van der Waals surface area contributed by atoms with Gasteiger partial charge in [0.15, 0.2) is 5.78 Å². The van der Waals surface area contributed by atoms with Crippen LogP contribution < -0.4 is 14.4 Å². The molecule has 6 nitrogen and oxygen atoms in total. The molecule has 0 saturated heterocycles. The highest BCUT2D eigenvalue weighted by Gasteiger charge is 2.14. The van der Waals surface area contributed by atoms with Crippen LogP contribution in [0.5, 0.6) is 11.6 Å². The number of nitrogens with zero attached hydrogens (tertiary/aromatic N) is 2. The second kappa shape index (κ2) is 10.6. The predicted octanol–water partition coefficient (Wildman–Crippen LogP) is 4.95. The molecule has 0 radical (unpaired) electrons. The Morgan fingerprint density at radius 2 is 1.75 bits per heavy atom. The summed E-state index contributed by atoms with van der Waals surface area (Å²) in [6, 6.07) is 16.9. The Bertz CT molecular complexity index is 1090. The Hall–Kier alpha value is -3.67. The summed E-state index contributed by atoms with van der Waals surface area (Å²) in [5, 5.41) is 0. The van der Waals surface area contributed by atoms with Crippen LogP contribution in [0.1, 0.15) is 35.7 Å². The standard InChI is InChI=1S/C26H28N2O4/c1-5-25(30)28(2)21-12-8-18(9-13-21)22-14-10-20(17-24(22)31-3)23(29)15-11-19-7-6-16-27-26(19)32-4/h6-10,12-14,16-17H,5,11,15H2,1-4H3. The fourth-order valence-electron chi connectivity index (χ4n) is 3.54. The summed E-state index contributed by atoms with van der Waals surface area (Å²) < 4.78 is 10.8. The van der Waals surface area contributed by atoms with Gasteiger partial charge in [0, 0.05) is 48.5 Å². The zero-order valence-corrected chi connectivity index (χ0v) is 18.9. The van der Waals surface area contributed by atoms with E-state index in [0.717, 1.165) is 22.4 Å². The number of anilines is 1. The Morgan fingerprint density at radius 3 is 2.41 bits per heavy atom. The number of pyridine rings is 1. The van der Waals surface area contributed by atoms with E-state index >= 15 is 0 Å². The van der Waals surface area contributed by atoms with Gasteiger partial charge in [0.05, 0.1) is 14.2 Å². The molecule has 1 aromatic heterocycles. The van der Waals surface area contributed by atoms with Crippen LogP contribution in [0.4, 0.5) is 5.69 Å². The molecule has 0 unspecified atom stereocenters. The third-order valence-electron chi connectivity index (χ3n) is 5.43. The van der Waals surface area contributed by atoms with Gasteiger partial charge in [0.2, 0.25) is 11.8 Å². The first-order valence-corrected chi connectivity index (χ1v) is 10.5. The highest BCUT2D eigenvalue weighted by Crippen LogP contribution is 2.32. The van der Waals surface area contributed by atoms with E-state index in [1.54, 1.807) is 38.4 Å². The van der Waals surface area contributed by atoms with Gasteiger partial charge in [-0.1, -0.05) is 31.2 Å². The first kappa shape index (κ1) is 23.0. The lowest BCUT2D eigenvalue weighted by Crippen LogP contribution is -2.24. The lowest BCUT2D eigenvalue weighted by Gasteiger charge is -2.17. The zero-order valence-electron chi connectivity index (χ0n) is 18.9. The summed E-state index contributed by atoms with van der Waals surface area (Å²) in [6.07, 6.45) is 3.01. The van der Waals surface area contributed by atoms with Crippen molar-refractivity contribution in [2.45, 2.75) is 26.2 Å². The van der Waals surface area contributed by atoms with E-state index in [0.29, 0.717) is 36.5 Å². The summed E-state index contributed by atoms with van der Waals surface area (Å²) in [5.41, 5.74) is 4.16. The van der Waals surface area contributed by atoms with Crippen molar-refractivity contribution in [3.63, 3.8) is 0 Å². The fraction of sp³-hybridized carbons (Fsp3) is 0.269. The van der Waals surface area contributed by atoms with Crippen molar-refractivity contribution >= 4 is 17.4 Å². The number of carbonyl (C=O) groups excluding carboxylic acids is 2. The van der Waals surface area contributed by atoms with Crippen LogP contribution in [0.2, 0.25) is 0 Å². The summed E-state index contributed by atoms with van der Waals surface area (Å²) in [6.45, 7) is 1.84. The number of rotatable bonds is 9. The highest BCUT2D eigenvalue weighted by molar-refractivity contribution is 5.97. The third-order valence-corrected chi connectivity index (χ3v) is 5.43. The fourth-order valence-corrected chi connectivity index (χ4v) is 3.54. The number of hydrogen-bond donors (Lipinski definition) is 0. The number of Topliss-reactive ketones (excluding diaryl/α,β-unsaturated/α-hetero) is 1. The average Bonchev–Trinajstić information content (AvgIpc) is 2.86. The molecule has 32 heavy (non-hydrogen) atoms. The number of ether oxygens (including phenoxy) is 2. The molecule has 0 atom stereocenters. The quantitative estimate of drug-likeness (QED) is 0.447. The molecule has 0 N–H and O–H groups in total. The zero-order chi connectivity index (χ0) is 23.1. The molecule has 0 aliphatic carbocycles. The molecule has 3 rings (SSSR count). The first-order valence-electron chi connectivity index (χ1n) is 10.5. The number of aryl methyl sites for hydroxylation is 1. The topological polar surface area (TPSA) is 68.7 Å². The normalized spacial score (nSPS) is 10.5. The maximum absolute atomic E-state index is 12.8. The van der Waals surface area contributed by atoms with E-state index in [9.17, 15) is 9.59 Å². The van der Waals surface area contributed by atoms with Gasteiger partial charge in [-0.05, 0) is 42.3 Å². The molecule has 1 heterocycles. The number of ketones is 1. The Labute approximate surface area is 188 Å². The molecule has 1 amide bonds. The van der Waals surface area contributed by atoms with Crippen molar-refractivity contribution in [3.8, 4) is 22.8 Å². The lowest BCUT2D eigenvalue weighted by atomic mass is 9.98. The highest BCUT2D eigenvalue weighted by atomic mass is 16.5. The predicted molar refractivity (Wildman–Crippen MR) is 126 cm³/mol. The van der Waals surface area contributed by atoms with Crippen LogP contribution in [0.25, 0.3) is 11.1 Å². The minimum absolute atomic E-state index is 0.0239. The van der Waals surface area contributed by atoms with Crippen LogP contribution in [-0.2, 0) is 11.2 Å². The molecule has 0 spiro atoms. The Kier molecular flexibility index (Phi) is 7.60. The van der Waals surface area contributed by atoms with Gasteiger partial charge < -0.3 is 14.4 Å². The third kappa shape index (κ3) is 5.14. The number of carbonyl (C=O) groups is 2. The number of aromatic nitrogens is 1. The van der Waals surface area contributed by atoms with Gasteiger partial charge >= 0.3 is 0 Å². The largest absolute Gasteiger partial charge is 0.496 e. The van der Waals surface area contributed by atoms with Gasteiger partial charge in [0.25, 0.3) is 0 Å². The first-order chi connectivity index (χ1) is 15.5. The van der Waals surface area contributed by atoms with E-state index in [1.165, 1.54) is 0 Å². The van der Waals surface area contributed by atoms with Gasteiger partial charge in [-0.15, -0.1) is 0 Å². The molecular weight excluding hydrogens is 404 g/mol. The summed E-state index contributed by atoms with van der Waals surface area (Å²) >= 11 is 0. The molecule has 166 valence electrons. The van der Waals surface area contributed by atoms with Crippen LogP contribution in [0.3, 0.4) is 0 Å². The molecule has 0 fully saturated rings. The molecule has 0 bridgehead atoms. The van der Waals surface area contributed by atoms with E-state index in [2.05, 4.69) is 4.98 Å². The molecule has 3 aromatic rings. The van der Waals surface area contributed by atoms with Crippen LogP contribution >= 0.6 is 0 Å². The minimum atomic E-state index is 0.0239. The van der Waals surface area contributed by atoms with Crippen LogP contribution in [0.15, 0.2) is 60.8 Å². The molecule has 0 aliphatic heterocycles. The van der Waals surface area contributed by atoms with Crippen molar-refractivity contribution in [3.05, 3.63) is 71.9 Å². The maximum Gasteiger partial charge on any atom is 0.226 e. The smallest absolute Gasteiger partial charge is 0.226 e. The number of methoxy groups -OCH3 is 2. The van der Waals surface area contributed by atoms with Crippen LogP contribution in [0, 0.1) is 0 Å². The molecular formula is C26H28N2O4. The Morgan fingerprint density at radius 1 is 1.00 bits per heavy atom. The number of amides is 1. The summed E-state index contributed by atoms with van der Waals surface area (Å²) in [7, 11) is 4.93. The summed E-state index contributed by atoms with van der Waals surface area (Å²) in [5.74, 6) is 1.25. The van der Waals surface area contributed by atoms with E-state index in [1.807, 2.05) is 55.5 Å². The van der Waals surface area contributed by atoms with Crippen molar-refractivity contribution in [2.75, 3.05) is 26.2 Å². The lowest BCUT2D eigenvalue weighted by molar-refractivity contribution is -0.118. The second-order valence-electron chi connectivity index (χ2n) is 7.36. The van der Waals surface area contributed by atoms with Gasteiger partial charge in [-0.2, -0.15) is 0 Å². The minimum Gasteiger partial charge on any atom is -0.496 e. The molecule has 2 aromatic carbocycles. The van der Waals surface area contributed by atoms with E-state index in [-0.39, 0.29) is 11.7 Å².